The minimum Gasteiger partial charge on any atom is -0.489 e. The third kappa shape index (κ3) is 7.73. The summed E-state index contributed by atoms with van der Waals surface area (Å²) in [7, 11) is 0. The molecule has 0 radical (unpaired) electrons. The molecule has 0 unspecified atom stereocenters. The Hall–Kier alpha value is -2.28. The molecule has 0 heterocycles. The maximum atomic E-state index is 6.07. The second kappa shape index (κ2) is 11.4. The van der Waals surface area contributed by atoms with Crippen LogP contribution in [0.15, 0.2) is 76.9 Å². The molecular weight excluding hydrogens is 376 g/mol. The molecule has 0 aromatic heterocycles. The second-order valence-corrected chi connectivity index (χ2v) is 9.99. The molecule has 0 amide bonds. The van der Waals surface area contributed by atoms with Crippen LogP contribution in [-0.2, 0) is 0 Å². The van der Waals surface area contributed by atoms with Crippen molar-refractivity contribution in [3.05, 3.63) is 88.1 Å². The van der Waals surface area contributed by atoms with Gasteiger partial charge in [-0.25, -0.2) is 0 Å². The Morgan fingerprint density at radius 1 is 1.10 bits per heavy atom. The molecule has 1 nitrogen and oxygen atoms in total. The van der Waals surface area contributed by atoms with E-state index in [1.54, 1.807) is 5.57 Å². The van der Waals surface area contributed by atoms with Gasteiger partial charge in [-0.2, -0.15) is 0 Å². The molecule has 1 aromatic rings. The third-order valence-corrected chi connectivity index (χ3v) is 6.21. The minimum atomic E-state index is 0.293. The Bertz CT molecular complexity index is 900. The minimum absolute atomic E-state index is 0.293. The van der Waals surface area contributed by atoms with E-state index in [0.717, 1.165) is 5.75 Å². The Balaban J connectivity index is 1.95. The van der Waals surface area contributed by atoms with Crippen LogP contribution in [0.4, 0.5) is 0 Å². The molecular formula is C30H42O. The Morgan fingerprint density at radius 3 is 2.52 bits per heavy atom. The molecule has 0 saturated heterocycles. The highest BCUT2D eigenvalue weighted by atomic mass is 16.5. The van der Waals surface area contributed by atoms with E-state index in [4.69, 9.17) is 4.74 Å². The quantitative estimate of drug-likeness (QED) is 0.383. The topological polar surface area (TPSA) is 9.23 Å². The van der Waals surface area contributed by atoms with Crippen molar-refractivity contribution in [3.8, 4) is 5.75 Å². The maximum Gasteiger partial charge on any atom is 0.123 e. The third-order valence-electron chi connectivity index (χ3n) is 6.21. The Labute approximate surface area is 191 Å². The summed E-state index contributed by atoms with van der Waals surface area (Å²) in [5, 5.41) is 0. The first-order valence-corrected chi connectivity index (χ1v) is 11.7. The van der Waals surface area contributed by atoms with E-state index in [1.165, 1.54) is 47.1 Å². The van der Waals surface area contributed by atoms with E-state index in [2.05, 4.69) is 110 Å². The van der Waals surface area contributed by atoms with E-state index in [0.29, 0.717) is 17.9 Å². The van der Waals surface area contributed by atoms with Crippen molar-refractivity contribution in [1.29, 1.82) is 0 Å². The zero-order valence-corrected chi connectivity index (χ0v) is 21.0. The molecule has 0 spiro atoms. The number of benzene rings is 1. The zero-order valence-electron chi connectivity index (χ0n) is 21.0. The fraction of sp³-hybridized carbons (Fsp3) is 0.467. The van der Waals surface area contributed by atoms with Gasteiger partial charge in [0.05, 0.1) is 0 Å². The SMILES string of the molecule is CC1=C(/C=C/C(C)=C/C=C/C(C)=C/COc2cc(C)ccc2C(C)C)C(C)(C)CCC1. The van der Waals surface area contributed by atoms with Crippen molar-refractivity contribution in [3.63, 3.8) is 0 Å². The van der Waals surface area contributed by atoms with Crippen molar-refractivity contribution in [2.45, 2.75) is 80.6 Å². The number of hydrogen-bond donors (Lipinski definition) is 0. The lowest BCUT2D eigenvalue weighted by Crippen LogP contribution is -2.19. The van der Waals surface area contributed by atoms with Crippen molar-refractivity contribution < 1.29 is 4.74 Å². The van der Waals surface area contributed by atoms with Gasteiger partial charge in [0, 0.05) is 0 Å². The summed E-state index contributed by atoms with van der Waals surface area (Å²) in [5.74, 6) is 1.46. The van der Waals surface area contributed by atoms with Crippen LogP contribution in [0.1, 0.15) is 84.8 Å². The van der Waals surface area contributed by atoms with Crippen LogP contribution in [0.3, 0.4) is 0 Å². The molecule has 1 aliphatic carbocycles. The molecule has 0 fully saturated rings. The van der Waals surface area contributed by atoms with Gasteiger partial charge >= 0.3 is 0 Å². The van der Waals surface area contributed by atoms with Gasteiger partial charge in [-0.3, -0.25) is 0 Å². The van der Waals surface area contributed by atoms with E-state index >= 15 is 0 Å². The first-order valence-electron chi connectivity index (χ1n) is 11.7. The number of hydrogen-bond acceptors (Lipinski definition) is 1. The zero-order chi connectivity index (χ0) is 23.0. The number of aryl methyl sites for hydroxylation is 1. The van der Waals surface area contributed by atoms with Crippen molar-refractivity contribution in [2.75, 3.05) is 6.61 Å². The lowest BCUT2D eigenvalue weighted by Gasteiger charge is -2.32. The van der Waals surface area contributed by atoms with Crippen LogP contribution in [-0.4, -0.2) is 6.61 Å². The monoisotopic (exact) mass is 418 g/mol. The molecule has 0 atom stereocenters. The normalized spacial score (nSPS) is 18.0. The van der Waals surface area contributed by atoms with Gasteiger partial charge in [0.15, 0.2) is 0 Å². The van der Waals surface area contributed by atoms with Gasteiger partial charge in [0.1, 0.15) is 12.4 Å². The summed E-state index contributed by atoms with van der Waals surface area (Å²) in [6.45, 7) is 18.4. The summed E-state index contributed by atoms with van der Waals surface area (Å²) >= 11 is 0. The molecule has 31 heavy (non-hydrogen) atoms. The smallest absolute Gasteiger partial charge is 0.123 e. The molecule has 0 aliphatic heterocycles. The van der Waals surface area contributed by atoms with Crippen LogP contribution in [0.2, 0.25) is 0 Å². The summed E-state index contributed by atoms with van der Waals surface area (Å²) in [5.41, 5.74) is 8.33. The second-order valence-electron chi connectivity index (χ2n) is 9.99. The van der Waals surface area contributed by atoms with Crippen LogP contribution < -0.4 is 4.74 Å². The summed E-state index contributed by atoms with van der Waals surface area (Å²) in [6, 6.07) is 6.47. The van der Waals surface area contributed by atoms with E-state index in [9.17, 15) is 0 Å². The average molecular weight is 419 g/mol. The predicted molar refractivity (Wildman–Crippen MR) is 137 cm³/mol. The lowest BCUT2D eigenvalue weighted by atomic mass is 9.72. The molecule has 0 saturated carbocycles. The van der Waals surface area contributed by atoms with E-state index in [-0.39, 0.29) is 0 Å². The standard InChI is InChI=1S/C30H42O/c1-22(2)27-16-14-25(5)21-29(27)31-20-18-24(4)12-9-11-23(3)15-17-28-26(6)13-10-19-30(28,7)8/h9,11-12,14-18,21-22H,10,13,19-20H2,1-8H3/b12-9+,17-15+,23-11+,24-18+. The molecule has 168 valence electrons. The van der Waals surface area contributed by atoms with Gasteiger partial charge in [0.25, 0.3) is 0 Å². The molecule has 1 aliphatic rings. The first kappa shape index (κ1) is 25.0. The lowest BCUT2D eigenvalue weighted by molar-refractivity contribution is 0.356. The fourth-order valence-corrected chi connectivity index (χ4v) is 4.21. The van der Waals surface area contributed by atoms with Gasteiger partial charge in [-0.15, -0.1) is 0 Å². The largest absolute Gasteiger partial charge is 0.489 e. The maximum absolute atomic E-state index is 6.07. The summed E-state index contributed by atoms with van der Waals surface area (Å²) in [6.07, 6.45) is 17.0. The molecule has 2 rings (SSSR count). The van der Waals surface area contributed by atoms with Crippen LogP contribution in [0.5, 0.6) is 5.75 Å². The summed E-state index contributed by atoms with van der Waals surface area (Å²) < 4.78 is 6.07. The van der Waals surface area contributed by atoms with E-state index < -0.39 is 0 Å². The highest BCUT2D eigenvalue weighted by Gasteiger charge is 2.26. The van der Waals surface area contributed by atoms with Gasteiger partial charge in [-0.1, -0.05) is 86.9 Å². The van der Waals surface area contributed by atoms with Gasteiger partial charge in [-0.05, 0) is 87.1 Å². The van der Waals surface area contributed by atoms with Crippen molar-refractivity contribution in [2.24, 2.45) is 5.41 Å². The van der Waals surface area contributed by atoms with Crippen molar-refractivity contribution >= 4 is 0 Å². The van der Waals surface area contributed by atoms with Crippen LogP contribution >= 0.6 is 0 Å². The van der Waals surface area contributed by atoms with Crippen molar-refractivity contribution in [1.82, 2.24) is 0 Å². The fourth-order valence-electron chi connectivity index (χ4n) is 4.21. The highest BCUT2D eigenvalue weighted by Crippen LogP contribution is 2.40. The summed E-state index contributed by atoms with van der Waals surface area (Å²) in [4.78, 5) is 0. The number of allylic oxidation sites excluding steroid dienone is 9. The Kier molecular flexibility index (Phi) is 9.16. The number of rotatable bonds is 8. The van der Waals surface area contributed by atoms with Crippen LogP contribution in [0.25, 0.3) is 0 Å². The van der Waals surface area contributed by atoms with E-state index in [1.807, 2.05) is 0 Å². The molecule has 0 bridgehead atoms. The molecule has 0 N–H and O–H groups in total. The predicted octanol–water partition coefficient (Wildman–Crippen LogP) is 9.03. The molecule has 1 heteroatoms. The number of ether oxygens (including phenoxy) is 1. The Morgan fingerprint density at radius 2 is 1.84 bits per heavy atom. The highest BCUT2D eigenvalue weighted by molar-refractivity contribution is 5.39. The van der Waals surface area contributed by atoms with Gasteiger partial charge < -0.3 is 4.74 Å². The molecule has 1 aromatic carbocycles. The van der Waals surface area contributed by atoms with Crippen LogP contribution in [0, 0.1) is 12.3 Å². The van der Waals surface area contributed by atoms with Gasteiger partial charge in [0.2, 0.25) is 0 Å². The first-order chi connectivity index (χ1) is 14.6. The average Bonchev–Trinajstić information content (AvgIpc) is 2.67.